The number of rotatable bonds is 13. The molecule has 0 saturated carbocycles. The Morgan fingerprint density at radius 1 is 0.620 bits per heavy atom. The maximum absolute atomic E-state index is 4.21. The third-order valence-corrected chi connectivity index (χ3v) is 11.8. The van der Waals surface area contributed by atoms with Crippen molar-refractivity contribution in [3.8, 4) is 0 Å². The van der Waals surface area contributed by atoms with E-state index in [-0.39, 0.29) is 0 Å². The minimum Gasteiger partial charge on any atom is -0.318 e. The van der Waals surface area contributed by atoms with Gasteiger partial charge in [0.1, 0.15) is 0 Å². The zero-order chi connectivity index (χ0) is 35.1. The highest BCUT2D eigenvalue weighted by molar-refractivity contribution is 5.63. The molecule has 0 N–H and O–H groups in total. The number of hydrogen-bond acceptors (Lipinski definition) is 2. The van der Waals surface area contributed by atoms with Crippen molar-refractivity contribution in [3.05, 3.63) is 167 Å². The lowest BCUT2D eigenvalue weighted by Crippen LogP contribution is -2.26. The molecule has 0 aromatic heterocycles. The van der Waals surface area contributed by atoms with Crippen LogP contribution >= 0.6 is 0 Å². The number of allylic oxidation sites excluding steroid dienone is 17. The summed E-state index contributed by atoms with van der Waals surface area (Å²) >= 11 is 0. The first-order valence-electron chi connectivity index (χ1n) is 19.3. The molecule has 2 unspecified atom stereocenters. The number of benzene rings is 2. The van der Waals surface area contributed by atoms with Crippen LogP contribution in [0.5, 0.6) is 0 Å². The Bertz CT molecular complexity index is 1790. The largest absolute Gasteiger partial charge is 0.318 e. The maximum atomic E-state index is 4.21. The van der Waals surface area contributed by atoms with E-state index in [4.69, 9.17) is 0 Å². The van der Waals surface area contributed by atoms with Gasteiger partial charge in [-0.25, -0.2) is 0 Å². The number of para-hydroxylation sites is 2. The van der Waals surface area contributed by atoms with Crippen LogP contribution in [0.1, 0.15) is 105 Å². The quantitative estimate of drug-likeness (QED) is 0.197. The SMILES string of the molecule is C=C(C)C(C)C1=CC=C(N(C2=CC=C(C3=CC=C(N(C4=CC=C(C(C)(CC)CCC)CC4)c4ccccc4)CC3)CC2)c2ccccc2)CC1. The summed E-state index contributed by atoms with van der Waals surface area (Å²) in [4.78, 5) is 5.06. The molecular weight excluding hydrogens is 605 g/mol. The molecule has 0 aliphatic heterocycles. The Morgan fingerprint density at radius 3 is 1.44 bits per heavy atom. The first-order chi connectivity index (χ1) is 24.3. The molecule has 2 atom stereocenters. The smallest absolute Gasteiger partial charge is 0.0455 e. The van der Waals surface area contributed by atoms with Crippen molar-refractivity contribution in [2.75, 3.05) is 9.80 Å². The molecular formula is C48H58N2. The van der Waals surface area contributed by atoms with E-state index in [1.807, 2.05) is 0 Å². The molecule has 0 bridgehead atoms. The molecule has 0 radical (unpaired) electrons. The van der Waals surface area contributed by atoms with E-state index in [2.05, 4.69) is 160 Å². The van der Waals surface area contributed by atoms with Gasteiger partial charge in [0.25, 0.3) is 0 Å². The summed E-state index contributed by atoms with van der Waals surface area (Å²) in [5.74, 6) is 0.437. The minimum atomic E-state index is 0.313. The lowest BCUT2D eigenvalue weighted by Gasteiger charge is -2.37. The van der Waals surface area contributed by atoms with Crippen molar-refractivity contribution in [1.82, 2.24) is 0 Å². The summed E-state index contributed by atoms with van der Waals surface area (Å²) in [6.07, 6.45) is 31.5. The first-order valence-corrected chi connectivity index (χ1v) is 19.3. The van der Waals surface area contributed by atoms with Crippen LogP contribution in [0.3, 0.4) is 0 Å². The molecule has 4 aliphatic carbocycles. The van der Waals surface area contributed by atoms with Gasteiger partial charge in [-0.1, -0.05) is 118 Å². The monoisotopic (exact) mass is 662 g/mol. The molecule has 2 nitrogen and oxygen atoms in total. The fourth-order valence-electron chi connectivity index (χ4n) is 8.28. The van der Waals surface area contributed by atoms with E-state index in [0.29, 0.717) is 11.3 Å². The van der Waals surface area contributed by atoms with Gasteiger partial charge in [-0.15, -0.1) is 0 Å². The molecule has 0 saturated heterocycles. The predicted molar refractivity (Wildman–Crippen MR) is 217 cm³/mol. The Hall–Kier alpha value is -4.30. The molecule has 4 aliphatic rings. The second-order valence-corrected chi connectivity index (χ2v) is 15.0. The van der Waals surface area contributed by atoms with Crippen molar-refractivity contribution >= 4 is 11.4 Å². The van der Waals surface area contributed by atoms with E-state index in [1.54, 1.807) is 5.57 Å². The molecule has 2 aromatic carbocycles. The van der Waals surface area contributed by atoms with Crippen molar-refractivity contribution in [1.29, 1.82) is 0 Å². The fraction of sp³-hybridized carbons (Fsp3) is 0.375. The zero-order valence-corrected chi connectivity index (χ0v) is 31.3. The summed E-state index contributed by atoms with van der Waals surface area (Å²) in [6, 6.07) is 21.9. The zero-order valence-electron chi connectivity index (χ0n) is 31.3. The lowest BCUT2D eigenvalue weighted by molar-refractivity contribution is 0.334. The van der Waals surface area contributed by atoms with Crippen molar-refractivity contribution in [2.24, 2.45) is 11.3 Å². The second kappa shape index (κ2) is 16.2. The van der Waals surface area contributed by atoms with Crippen molar-refractivity contribution < 1.29 is 0 Å². The third-order valence-electron chi connectivity index (χ3n) is 11.8. The molecule has 0 fully saturated rings. The van der Waals surface area contributed by atoms with E-state index in [9.17, 15) is 0 Å². The van der Waals surface area contributed by atoms with Gasteiger partial charge in [0.2, 0.25) is 0 Å². The van der Waals surface area contributed by atoms with Crippen LogP contribution in [-0.4, -0.2) is 0 Å². The van der Waals surface area contributed by atoms with Gasteiger partial charge >= 0.3 is 0 Å². The molecule has 2 aromatic rings. The van der Waals surface area contributed by atoms with Crippen LogP contribution in [0.4, 0.5) is 11.4 Å². The van der Waals surface area contributed by atoms with Crippen molar-refractivity contribution in [3.63, 3.8) is 0 Å². The van der Waals surface area contributed by atoms with Crippen LogP contribution in [-0.2, 0) is 0 Å². The molecule has 0 heterocycles. The molecule has 260 valence electrons. The van der Waals surface area contributed by atoms with Gasteiger partial charge in [0.05, 0.1) is 0 Å². The number of anilines is 2. The van der Waals surface area contributed by atoms with Crippen LogP contribution in [0, 0.1) is 11.3 Å². The Kier molecular flexibility index (Phi) is 11.5. The number of hydrogen-bond donors (Lipinski definition) is 0. The van der Waals surface area contributed by atoms with Gasteiger partial charge in [-0.05, 0) is 142 Å². The predicted octanol–water partition coefficient (Wildman–Crippen LogP) is 13.8. The van der Waals surface area contributed by atoms with E-state index < -0.39 is 0 Å². The lowest BCUT2D eigenvalue weighted by atomic mass is 9.73. The van der Waals surface area contributed by atoms with Gasteiger partial charge in [0.15, 0.2) is 0 Å². The van der Waals surface area contributed by atoms with E-state index >= 15 is 0 Å². The molecule has 50 heavy (non-hydrogen) atoms. The topological polar surface area (TPSA) is 6.48 Å². The molecule has 6 rings (SSSR count). The van der Waals surface area contributed by atoms with Gasteiger partial charge in [0, 0.05) is 34.2 Å². The van der Waals surface area contributed by atoms with Gasteiger partial charge in [-0.2, -0.15) is 0 Å². The van der Waals surface area contributed by atoms with Crippen molar-refractivity contribution in [2.45, 2.75) is 105 Å². The summed E-state index contributed by atoms with van der Waals surface area (Å²) < 4.78 is 0. The summed E-state index contributed by atoms with van der Waals surface area (Å²) in [6.45, 7) is 15.8. The van der Waals surface area contributed by atoms with Gasteiger partial charge in [-0.3, -0.25) is 0 Å². The highest BCUT2D eigenvalue weighted by atomic mass is 15.2. The first kappa shape index (κ1) is 35.5. The Labute approximate surface area is 303 Å². The Balaban J connectivity index is 1.25. The number of nitrogens with zero attached hydrogens (tertiary/aromatic N) is 2. The summed E-state index contributed by atoms with van der Waals surface area (Å²) in [5.41, 5.74) is 15.7. The third kappa shape index (κ3) is 7.86. The second-order valence-electron chi connectivity index (χ2n) is 15.0. The summed E-state index contributed by atoms with van der Waals surface area (Å²) in [5, 5.41) is 0. The van der Waals surface area contributed by atoms with Crippen LogP contribution < -0.4 is 9.80 Å². The van der Waals surface area contributed by atoms with E-state index in [1.165, 1.54) is 75.7 Å². The highest BCUT2D eigenvalue weighted by Crippen LogP contribution is 2.43. The molecule has 0 spiro atoms. The summed E-state index contributed by atoms with van der Waals surface area (Å²) in [7, 11) is 0. The standard InChI is InChI=1S/C48H58N2/c1-7-35-48(6,8-2)41-25-33-47(34-26-41)50(43-17-13-10-14-18-43)46-31-23-40(24-32-46)39-21-29-45(30-22-39)49(42-15-11-9-12-16-42)44-27-19-38(20-28-44)37(5)36(3)4/h9-19,21,23,25,27,29,31,33,37H,3,7-8,20,22,24,26,28,30,32,34-35H2,1-2,4-6H3. The Morgan fingerprint density at radius 2 is 1.08 bits per heavy atom. The highest BCUT2D eigenvalue weighted by Gasteiger charge is 2.29. The normalized spacial score (nSPS) is 19.6. The van der Waals surface area contributed by atoms with Crippen LogP contribution in [0.25, 0.3) is 0 Å². The van der Waals surface area contributed by atoms with Crippen LogP contribution in [0.15, 0.2) is 167 Å². The maximum Gasteiger partial charge on any atom is 0.0455 e. The average Bonchev–Trinajstić information content (AvgIpc) is 3.17. The van der Waals surface area contributed by atoms with Crippen LogP contribution in [0.2, 0.25) is 0 Å². The molecule has 2 heteroatoms. The minimum absolute atomic E-state index is 0.313. The fourth-order valence-corrected chi connectivity index (χ4v) is 8.28. The average molecular weight is 663 g/mol. The van der Waals surface area contributed by atoms with Gasteiger partial charge < -0.3 is 9.80 Å². The van der Waals surface area contributed by atoms with E-state index in [0.717, 1.165) is 51.4 Å². The molecule has 0 amide bonds.